The number of nitrogen functional groups attached to an aromatic ring is 1. The molecule has 1 saturated heterocycles. The summed E-state index contributed by atoms with van der Waals surface area (Å²) in [6, 6.07) is 24.4. The summed E-state index contributed by atoms with van der Waals surface area (Å²) >= 11 is 12.0. The number of nitrogens with zero attached hydrogens (tertiary/aromatic N) is 1. The molecule has 4 aromatic rings. The molecule has 2 unspecified atom stereocenters. The molecular weight excluding hydrogens is 559 g/mol. The largest absolute Gasteiger partial charge is 0.398 e. The van der Waals surface area contributed by atoms with Crippen molar-refractivity contribution in [2.24, 2.45) is 0 Å². The average Bonchev–Trinajstić information content (AvgIpc) is 3.07. The molecule has 3 amide bonds. The van der Waals surface area contributed by atoms with Crippen molar-refractivity contribution < 1.29 is 14.4 Å². The van der Waals surface area contributed by atoms with E-state index in [0.717, 1.165) is 22.3 Å². The average molecular weight is 585 g/mol. The number of fused-ring (bicyclic) bond motifs is 2. The maximum absolute atomic E-state index is 13.6. The second kappa shape index (κ2) is 10.9. The zero-order valence-corrected chi connectivity index (χ0v) is 23.4. The van der Waals surface area contributed by atoms with Crippen molar-refractivity contribution >= 4 is 52.3 Å². The molecule has 0 radical (unpaired) electrons. The summed E-state index contributed by atoms with van der Waals surface area (Å²) in [5.74, 6) is -0.812. The van der Waals surface area contributed by atoms with Crippen molar-refractivity contribution in [1.29, 1.82) is 0 Å². The van der Waals surface area contributed by atoms with E-state index in [1.165, 1.54) is 0 Å². The topological polar surface area (TPSA) is 105 Å². The van der Waals surface area contributed by atoms with Crippen LogP contribution in [0, 0.1) is 0 Å². The van der Waals surface area contributed by atoms with Crippen LogP contribution in [0.3, 0.4) is 0 Å². The maximum atomic E-state index is 13.6. The van der Waals surface area contributed by atoms with E-state index in [0.29, 0.717) is 51.9 Å². The van der Waals surface area contributed by atoms with Crippen LogP contribution in [0.15, 0.2) is 84.9 Å². The first-order valence-corrected chi connectivity index (χ1v) is 14.0. The lowest BCUT2D eigenvalue weighted by atomic mass is 9.95. The number of nitrogens with one attached hydrogen (secondary N) is 2. The summed E-state index contributed by atoms with van der Waals surface area (Å²) in [6.07, 6.45) is 0.806. The molecule has 9 heteroatoms. The molecule has 2 aliphatic heterocycles. The molecule has 4 aromatic carbocycles. The minimum absolute atomic E-state index is 0.217. The summed E-state index contributed by atoms with van der Waals surface area (Å²) in [6.45, 7) is 0.331. The molecule has 0 spiro atoms. The fourth-order valence-corrected chi connectivity index (χ4v) is 5.72. The monoisotopic (exact) mass is 584 g/mol. The highest BCUT2D eigenvalue weighted by atomic mass is 35.5. The van der Waals surface area contributed by atoms with Gasteiger partial charge in [0, 0.05) is 28.3 Å². The van der Waals surface area contributed by atoms with Gasteiger partial charge in [-0.3, -0.25) is 14.4 Å². The smallest absolute Gasteiger partial charge is 0.256 e. The van der Waals surface area contributed by atoms with Crippen LogP contribution in [-0.4, -0.2) is 41.2 Å². The second-order valence-corrected chi connectivity index (χ2v) is 11.1. The van der Waals surface area contributed by atoms with Crippen molar-refractivity contribution in [2.45, 2.75) is 24.9 Å². The molecule has 41 heavy (non-hydrogen) atoms. The lowest BCUT2D eigenvalue weighted by Gasteiger charge is -2.37. The first kappa shape index (κ1) is 26.9. The fourth-order valence-electron chi connectivity index (χ4n) is 5.47. The zero-order chi connectivity index (χ0) is 28.7. The summed E-state index contributed by atoms with van der Waals surface area (Å²) in [4.78, 5) is 41.6. The Bertz CT molecular complexity index is 1670. The van der Waals surface area contributed by atoms with E-state index >= 15 is 0 Å². The maximum Gasteiger partial charge on any atom is 0.256 e. The Morgan fingerprint density at radius 3 is 2.05 bits per heavy atom. The molecule has 206 valence electrons. The summed E-state index contributed by atoms with van der Waals surface area (Å²) in [5, 5.41) is 7.20. The number of halogens is 2. The Balaban J connectivity index is 1.17. The van der Waals surface area contributed by atoms with Gasteiger partial charge < -0.3 is 21.3 Å². The number of hydrogen-bond acceptors (Lipinski definition) is 4. The van der Waals surface area contributed by atoms with Gasteiger partial charge in [0.15, 0.2) is 0 Å². The van der Waals surface area contributed by atoms with E-state index in [-0.39, 0.29) is 23.8 Å². The van der Waals surface area contributed by atoms with E-state index in [2.05, 4.69) is 10.6 Å². The van der Waals surface area contributed by atoms with Crippen LogP contribution < -0.4 is 16.4 Å². The number of piperidine rings is 1. The van der Waals surface area contributed by atoms with Gasteiger partial charge in [0.1, 0.15) is 6.04 Å². The molecule has 7 nitrogen and oxygen atoms in total. The Hall–Kier alpha value is -4.33. The first-order valence-electron chi connectivity index (χ1n) is 13.2. The number of nitrogens with two attached hydrogens (primary N) is 1. The number of anilines is 2. The summed E-state index contributed by atoms with van der Waals surface area (Å²) in [5.41, 5.74) is 11.4. The third-order valence-corrected chi connectivity index (χ3v) is 8.16. The molecule has 0 aromatic heterocycles. The Morgan fingerprint density at radius 1 is 0.829 bits per heavy atom. The third kappa shape index (κ3) is 5.38. The van der Waals surface area contributed by atoms with Crippen LogP contribution in [0.2, 0.25) is 10.0 Å². The molecule has 6 rings (SSSR count). The number of benzene rings is 4. The van der Waals surface area contributed by atoms with Gasteiger partial charge in [-0.25, -0.2) is 0 Å². The van der Waals surface area contributed by atoms with Gasteiger partial charge in [-0.05, 0) is 83.6 Å². The van der Waals surface area contributed by atoms with Gasteiger partial charge in [-0.15, -0.1) is 0 Å². The molecule has 0 saturated carbocycles. The third-order valence-electron chi connectivity index (χ3n) is 7.66. The number of rotatable bonds is 4. The predicted octanol–water partition coefficient (Wildman–Crippen LogP) is 6.26. The molecule has 4 N–H and O–H groups in total. The summed E-state index contributed by atoms with van der Waals surface area (Å²) < 4.78 is 0. The minimum Gasteiger partial charge on any atom is -0.398 e. The van der Waals surface area contributed by atoms with E-state index in [9.17, 15) is 14.4 Å². The number of carbonyl (C=O) groups is 3. The van der Waals surface area contributed by atoms with Gasteiger partial charge >= 0.3 is 0 Å². The highest BCUT2D eigenvalue weighted by molar-refractivity contribution is 6.31. The highest BCUT2D eigenvalue weighted by Gasteiger charge is 2.40. The quantitative estimate of drug-likeness (QED) is 0.246. The lowest BCUT2D eigenvalue weighted by molar-refractivity contribution is -0.121. The van der Waals surface area contributed by atoms with Gasteiger partial charge in [0.05, 0.1) is 16.8 Å². The van der Waals surface area contributed by atoms with Crippen LogP contribution in [0.1, 0.15) is 33.6 Å². The summed E-state index contributed by atoms with van der Waals surface area (Å²) in [7, 11) is 0. The van der Waals surface area contributed by atoms with E-state index in [4.69, 9.17) is 28.9 Å². The Morgan fingerprint density at radius 2 is 1.41 bits per heavy atom. The van der Waals surface area contributed by atoms with Gasteiger partial charge in [0.25, 0.3) is 11.8 Å². The van der Waals surface area contributed by atoms with E-state index in [1.54, 1.807) is 53.4 Å². The predicted molar refractivity (Wildman–Crippen MR) is 162 cm³/mol. The highest BCUT2D eigenvalue weighted by Crippen LogP contribution is 2.33. The molecule has 2 atom stereocenters. The number of amides is 3. The number of hydrogen-bond donors (Lipinski definition) is 3. The Kier molecular flexibility index (Phi) is 7.15. The van der Waals surface area contributed by atoms with Crippen LogP contribution in [0.25, 0.3) is 22.3 Å². The Labute approximate surface area is 247 Å². The van der Waals surface area contributed by atoms with Gasteiger partial charge in [0.2, 0.25) is 5.91 Å². The molecule has 2 heterocycles. The number of carbonyl (C=O) groups excluding carboxylic acids is 3. The molecule has 0 aliphatic carbocycles. The van der Waals surface area contributed by atoms with Crippen LogP contribution >= 0.6 is 23.2 Å². The van der Waals surface area contributed by atoms with Crippen LogP contribution in [0.4, 0.5) is 11.4 Å². The van der Waals surface area contributed by atoms with Gasteiger partial charge in [-0.1, -0.05) is 59.6 Å². The molecular formula is C32H26Cl2N4O3. The normalized spacial score (nSPS) is 18.1. The van der Waals surface area contributed by atoms with Crippen LogP contribution in [0.5, 0.6) is 0 Å². The van der Waals surface area contributed by atoms with Crippen molar-refractivity contribution in [1.82, 2.24) is 10.2 Å². The van der Waals surface area contributed by atoms with Crippen molar-refractivity contribution in [3.05, 3.63) is 106 Å². The zero-order valence-electron chi connectivity index (χ0n) is 21.9. The van der Waals surface area contributed by atoms with Crippen LogP contribution in [-0.2, 0) is 4.79 Å². The minimum atomic E-state index is -0.711. The van der Waals surface area contributed by atoms with E-state index < -0.39 is 6.04 Å². The SMILES string of the molecule is Nc1cc(-c2ccc(Cl)cc2)ccc1C(=O)NC1CCN2C(=O)c3cc(-c4ccc(Cl)cc4)ccc3NC(=O)C2C1. The fraction of sp³-hybridized carbons (Fsp3) is 0.156. The molecule has 1 fully saturated rings. The van der Waals surface area contributed by atoms with Crippen molar-refractivity contribution in [2.75, 3.05) is 17.6 Å². The first-order chi connectivity index (χ1) is 19.8. The van der Waals surface area contributed by atoms with Crippen molar-refractivity contribution in [3.63, 3.8) is 0 Å². The standard InChI is InChI=1S/C32H26Cl2N4O3/c33-22-7-1-18(2-8-22)20-6-12-28-26(15-20)32(41)38-14-13-24(17-29(38)31(40)37-28)36-30(39)25-11-5-21(16-27(25)35)19-3-9-23(34)10-4-19/h1-12,15-16,24,29H,13-14,17,35H2,(H,36,39)(H,37,40). The second-order valence-electron chi connectivity index (χ2n) is 10.3. The van der Waals surface area contributed by atoms with Crippen molar-refractivity contribution in [3.8, 4) is 22.3 Å². The molecule has 0 bridgehead atoms. The molecule has 2 aliphatic rings. The van der Waals surface area contributed by atoms with Gasteiger partial charge in [-0.2, -0.15) is 0 Å². The lowest BCUT2D eigenvalue weighted by Crippen LogP contribution is -2.55. The van der Waals surface area contributed by atoms with E-state index in [1.807, 2.05) is 36.4 Å².